The summed E-state index contributed by atoms with van der Waals surface area (Å²) in [6, 6.07) is 7.86. The third-order valence-electron chi connectivity index (χ3n) is 2.94. The van der Waals surface area contributed by atoms with E-state index >= 15 is 0 Å². The highest BCUT2D eigenvalue weighted by atomic mass is 79.9. The molecule has 8 heteroatoms. The summed E-state index contributed by atoms with van der Waals surface area (Å²) in [6.45, 7) is 1.57. The summed E-state index contributed by atoms with van der Waals surface area (Å²) in [4.78, 5) is 14.0. The maximum absolute atomic E-state index is 12.6. The first-order valence-electron chi connectivity index (χ1n) is 5.92. The van der Waals surface area contributed by atoms with E-state index in [1.54, 1.807) is 18.2 Å². The van der Waals surface area contributed by atoms with Crippen molar-refractivity contribution in [3.05, 3.63) is 30.3 Å². The molecule has 1 fully saturated rings. The average Bonchev–Trinajstić information content (AvgIpc) is 2.48. The first-order valence-corrected chi connectivity index (χ1v) is 8.99. The number of ether oxygens (including phenoxy) is 1. The van der Waals surface area contributed by atoms with Crippen molar-refractivity contribution in [3.8, 4) is 0 Å². The van der Waals surface area contributed by atoms with Gasteiger partial charge in [0.05, 0.1) is 18.1 Å². The number of morpholine rings is 1. The van der Waals surface area contributed by atoms with Crippen molar-refractivity contribution in [2.24, 2.45) is 0 Å². The molecule has 1 aliphatic rings. The standard InChI is InChI=1S/C12H13Br2NO4S/c13-12(14,11(16)15-6-8-19-9-7-15)20(17,18)10-4-2-1-3-5-10/h1-5H,6-9H2. The number of amides is 1. The van der Waals surface area contributed by atoms with Gasteiger partial charge in [0.1, 0.15) is 0 Å². The number of halogens is 2. The Hall–Kier alpha value is -0.440. The Morgan fingerprint density at radius 1 is 1.15 bits per heavy atom. The van der Waals surface area contributed by atoms with Crippen molar-refractivity contribution in [3.63, 3.8) is 0 Å². The van der Waals surface area contributed by atoms with Crippen LogP contribution in [0.25, 0.3) is 0 Å². The van der Waals surface area contributed by atoms with Crippen molar-refractivity contribution < 1.29 is 17.9 Å². The molecule has 0 N–H and O–H groups in total. The number of sulfone groups is 1. The maximum Gasteiger partial charge on any atom is 0.266 e. The second kappa shape index (κ2) is 6.13. The van der Waals surface area contributed by atoms with Crippen LogP contribution in [0.2, 0.25) is 0 Å². The van der Waals surface area contributed by atoms with E-state index in [9.17, 15) is 13.2 Å². The van der Waals surface area contributed by atoms with Gasteiger partial charge in [-0.15, -0.1) is 0 Å². The molecule has 1 heterocycles. The van der Waals surface area contributed by atoms with Crippen LogP contribution in [0.1, 0.15) is 0 Å². The van der Waals surface area contributed by atoms with Crippen LogP contribution in [0.3, 0.4) is 0 Å². The Bertz CT molecular complexity index is 583. The molecule has 1 saturated heterocycles. The number of carbonyl (C=O) groups is 1. The zero-order valence-electron chi connectivity index (χ0n) is 10.5. The second-order valence-electron chi connectivity index (χ2n) is 4.24. The Morgan fingerprint density at radius 3 is 2.25 bits per heavy atom. The molecular formula is C12H13Br2NO4S. The Morgan fingerprint density at radius 2 is 1.70 bits per heavy atom. The third-order valence-corrected chi connectivity index (χ3v) is 7.92. The minimum absolute atomic E-state index is 0.0790. The number of nitrogens with zero attached hydrogens (tertiary/aromatic N) is 1. The van der Waals surface area contributed by atoms with Crippen molar-refractivity contribution in [1.82, 2.24) is 4.90 Å². The molecule has 1 aromatic carbocycles. The molecule has 1 aromatic rings. The van der Waals surface area contributed by atoms with Crippen LogP contribution in [-0.2, 0) is 19.4 Å². The fourth-order valence-corrected chi connectivity index (χ4v) is 4.61. The zero-order chi connectivity index (χ0) is 14.8. The van der Waals surface area contributed by atoms with E-state index in [2.05, 4.69) is 31.9 Å². The zero-order valence-corrected chi connectivity index (χ0v) is 14.4. The van der Waals surface area contributed by atoms with E-state index in [1.165, 1.54) is 17.0 Å². The van der Waals surface area contributed by atoms with Gasteiger partial charge in [0.15, 0.2) is 0 Å². The quantitative estimate of drug-likeness (QED) is 0.691. The maximum atomic E-state index is 12.6. The van der Waals surface area contributed by atoms with Gasteiger partial charge in [-0.05, 0) is 44.0 Å². The normalized spacial score (nSPS) is 17.0. The summed E-state index contributed by atoms with van der Waals surface area (Å²) in [7, 11) is -3.89. The molecular weight excluding hydrogens is 414 g/mol. The Labute approximate surface area is 134 Å². The molecule has 0 spiro atoms. The van der Waals surface area contributed by atoms with E-state index in [-0.39, 0.29) is 4.90 Å². The lowest BCUT2D eigenvalue weighted by molar-refractivity contribution is -0.133. The van der Waals surface area contributed by atoms with Gasteiger partial charge in [-0.2, -0.15) is 0 Å². The summed E-state index contributed by atoms with van der Waals surface area (Å²) in [5, 5.41) is 0. The lowest BCUT2D eigenvalue weighted by Crippen LogP contribution is -2.50. The summed E-state index contributed by atoms with van der Waals surface area (Å²) in [6.07, 6.45) is 0. The topological polar surface area (TPSA) is 63.7 Å². The predicted molar refractivity (Wildman–Crippen MR) is 81.6 cm³/mol. The van der Waals surface area contributed by atoms with Crippen molar-refractivity contribution in [2.75, 3.05) is 26.3 Å². The predicted octanol–water partition coefficient (Wildman–Crippen LogP) is 1.76. The van der Waals surface area contributed by atoms with Gasteiger partial charge in [0.25, 0.3) is 8.47 Å². The van der Waals surface area contributed by atoms with Crippen LogP contribution < -0.4 is 0 Å². The molecule has 1 aliphatic heterocycles. The van der Waals surface area contributed by atoms with E-state index in [4.69, 9.17) is 4.74 Å². The van der Waals surface area contributed by atoms with Gasteiger partial charge in [-0.1, -0.05) is 18.2 Å². The van der Waals surface area contributed by atoms with Crippen LogP contribution in [0.4, 0.5) is 0 Å². The van der Waals surface area contributed by atoms with E-state index in [1.807, 2.05) is 0 Å². The van der Waals surface area contributed by atoms with Crippen molar-refractivity contribution in [1.29, 1.82) is 0 Å². The highest BCUT2D eigenvalue weighted by Crippen LogP contribution is 2.39. The summed E-state index contributed by atoms with van der Waals surface area (Å²) in [5.41, 5.74) is 0. The highest BCUT2D eigenvalue weighted by Gasteiger charge is 2.49. The first kappa shape index (κ1) is 15.9. The fraction of sp³-hybridized carbons (Fsp3) is 0.417. The van der Waals surface area contributed by atoms with Crippen LogP contribution in [0.5, 0.6) is 0 Å². The SMILES string of the molecule is O=C(N1CCOCC1)C(Br)(Br)S(=O)(=O)c1ccccc1. The summed E-state index contributed by atoms with van der Waals surface area (Å²) >= 11 is 6.08. The molecule has 0 aromatic heterocycles. The third kappa shape index (κ3) is 2.93. The second-order valence-corrected chi connectivity index (χ2v) is 10.8. The minimum atomic E-state index is -3.89. The van der Waals surface area contributed by atoms with E-state index < -0.39 is 18.3 Å². The fourth-order valence-electron chi connectivity index (χ4n) is 1.81. The molecule has 2 rings (SSSR count). The molecule has 0 saturated carbocycles. The molecule has 0 radical (unpaired) electrons. The first-order chi connectivity index (χ1) is 9.37. The van der Waals surface area contributed by atoms with Crippen LogP contribution in [0.15, 0.2) is 35.2 Å². The number of carbonyl (C=O) groups excluding carboxylic acids is 1. The monoisotopic (exact) mass is 425 g/mol. The number of alkyl halides is 2. The van der Waals surface area contributed by atoms with Crippen LogP contribution >= 0.6 is 31.9 Å². The van der Waals surface area contributed by atoms with Gasteiger partial charge < -0.3 is 9.64 Å². The molecule has 1 amide bonds. The number of hydrogen-bond acceptors (Lipinski definition) is 4. The lowest BCUT2D eigenvalue weighted by Gasteiger charge is -2.31. The Kier molecular flexibility index (Phi) is 4.88. The molecule has 0 bridgehead atoms. The van der Waals surface area contributed by atoms with Crippen molar-refractivity contribution >= 4 is 47.6 Å². The van der Waals surface area contributed by atoms with Crippen molar-refractivity contribution in [2.45, 2.75) is 7.46 Å². The number of rotatable bonds is 3. The molecule has 0 aliphatic carbocycles. The molecule has 5 nitrogen and oxygen atoms in total. The van der Waals surface area contributed by atoms with Gasteiger partial charge in [-0.3, -0.25) is 4.79 Å². The molecule has 0 atom stereocenters. The number of benzene rings is 1. The largest absolute Gasteiger partial charge is 0.378 e. The summed E-state index contributed by atoms with van der Waals surface area (Å²) < 4.78 is 28.4. The van der Waals surface area contributed by atoms with Gasteiger partial charge in [-0.25, -0.2) is 8.42 Å². The van der Waals surface area contributed by atoms with E-state index in [0.717, 1.165) is 0 Å². The van der Waals surface area contributed by atoms with Crippen LogP contribution in [-0.4, -0.2) is 48.1 Å². The average molecular weight is 427 g/mol. The van der Waals surface area contributed by atoms with Gasteiger partial charge in [0, 0.05) is 13.1 Å². The highest BCUT2D eigenvalue weighted by molar-refractivity contribution is 9.28. The molecule has 20 heavy (non-hydrogen) atoms. The minimum Gasteiger partial charge on any atom is -0.378 e. The summed E-state index contributed by atoms with van der Waals surface area (Å²) in [5.74, 6) is -0.537. The Balaban J connectivity index is 2.31. The molecule has 0 unspecified atom stereocenters. The van der Waals surface area contributed by atoms with Crippen LogP contribution in [0, 0.1) is 0 Å². The van der Waals surface area contributed by atoms with E-state index in [0.29, 0.717) is 26.3 Å². The van der Waals surface area contributed by atoms with Gasteiger partial charge >= 0.3 is 0 Å². The van der Waals surface area contributed by atoms with Gasteiger partial charge in [0.2, 0.25) is 9.84 Å². The smallest absolute Gasteiger partial charge is 0.266 e. The molecule has 110 valence electrons. The number of hydrogen-bond donors (Lipinski definition) is 0. The lowest BCUT2D eigenvalue weighted by atomic mass is 10.4.